The first-order valence-corrected chi connectivity index (χ1v) is 24.0. The molecule has 0 radical (unpaired) electrons. The molecule has 10 N–H and O–H groups in total. The molecule has 0 spiro atoms. The zero-order valence-electron chi connectivity index (χ0n) is 39.9. The number of aliphatic hydroxyl groups is 10. The third kappa shape index (κ3) is 8.86. The van der Waals surface area contributed by atoms with E-state index in [1.807, 2.05) is 13.0 Å². The van der Waals surface area contributed by atoms with Crippen LogP contribution in [0, 0.1) is 45.3 Å². The third-order valence-electron chi connectivity index (χ3n) is 18.3. The normalized spacial score (nSPS) is 52.4. The molecule has 7 aliphatic rings. The summed E-state index contributed by atoms with van der Waals surface area (Å²) < 4.78 is 37.3. The van der Waals surface area contributed by atoms with Crippen LogP contribution in [-0.2, 0) is 33.2 Å². The number of ketones is 1. The molecule has 4 aliphatic carbocycles. The first-order chi connectivity index (χ1) is 30.0. The maximum absolute atomic E-state index is 14.7. The van der Waals surface area contributed by atoms with E-state index < -0.39 is 121 Å². The van der Waals surface area contributed by atoms with Crippen molar-refractivity contribution >= 4 is 5.78 Å². The average molecular weight is 929 g/mol. The molecular formula is C48H80O17. The number of hydrogen-bond donors (Lipinski definition) is 10. The predicted molar refractivity (Wildman–Crippen MR) is 231 cm³/mol. The fraction of sp³-hybridized carbons (Fsp3) is 0.938. The highest BCUT2D eigenvalue weighted by Crippen LogP contribution is 2.75. The summed E-state index contributed by atoms with van der Waals surface area (Å²) in [5.74, 6) is -0.229. The van der Waals surface area contributed by atoms with Gasteiger partial charge in [0.15, 0.2) is 18.9 Å². The van der Waals surface area contributed by atoms with Gasteiger partial charge in [-0.1, -0.05) is 46.8 Å². The lowest BCUT2D eigenvalue weighted by molar-refractivity contribution is -0.397. The highest BCUT2D eigenvalue weighted by molar-refractivity contribution is 5.84. The second kappa shape index (κ2) is 18.2. The van der Waals surface area contributed by atoms with Crippen LogP contribution in [0.1, 0.15) is 121 Å². The number of hydrogen-bond acceptors (Lipinski definition) is 17. The fourth-order valence-electron chi connectivity index (χ4n) is 14.3. The number of rotatable bonds is 11. The maximum Gasteiger partial charge on any atom is 0.187 e. The molecule has 17 heteroatoms. The standard InChI is InChI=1S/C48H80O17/c1-22-31(51)34(54)36(56)40(60-22)64-38-33(53)26(21-49)62-42(39(38)65-41-37(57)35(55)32(52)23(2)61-41)63-29-14-17-45(7)27(44(29,5)6)13-19-46(8)28(45)20-25(50)30-24(12-18-47(30,46)9)48(10,59)16-11-15-43(3,4)58/h11,15,22-24,26-42,49,51-59H,12-14,16-21H2,1-10H3/b15-11+/t22-,23-,24-,26+,27-,28+,29-,30-,31-,32-,33-,34+,35+,36+,37+,38-,39+,40-,41-,42-,45-,46+,47+,48-/m0/s1. The molecule has 65 heavy (non-hydrogen) atoms. The molecule has 3 aliphatic heterocycles. The van der Waals surface area contributed by atoms with Gasteiger partial charge in [0.1, 0.15) is 66.8 Å². The van der Waals surface area contributed by atoms with Gasteiger partial charge in [-0.2, -0.15) is 0 Å². The number of Topliss-reactive ketones (excluding diaryl/α,β-unsaturated/α-hetero) is 1. The van der Waals surface area contributed by atoms with Gasteiger partial charge < -0.3 is 79.5 Å². The molecule has 7 fully saturated rings. The van der Waals surface area contributed by atoms with E-state index in [1.54, 1.807) is 19.9 Å². The Morgan fingerprint density at radius 2 is 1.22 bits per heavy atom. The van der Waals surface area contributed by atoms with E-state index in [0.717, 1.165) is 25.7 Å². The summed E-state index contributed by atoms with van der Waals surface area (Å²) in [6.07, 6.45) is -14.3. The first kappa shape index (κ1) is 51.6. The summed E-state index contributed by atoms with van der Waals surface area (Å²) in [5.41, 5.74) is -3.56. The number of fused-ring (bicyclic) bond motifs is 5. The monoisotopic (exact) mass is 929 g/mol. The van der Waals surface area contributed by atoms with Gasteiger partial charge in [-0.15, -0.1) is 0 Å². The van der Waals surface area contributed by atoms with Crippen LogP contribution in [0.2, 0.25) is 0 Å². The minimum Gasteiger partial charge on any atom is -0.394 e. The minimum atomic E-state index is -1.78. The molecule has 3 heterocycles. The van der Waals surface area contributed by atoms with Crippen LogP contribution >= 0.6 is 0 Å². The SMILES string of the molecule is C[C@@H]1O[C@@H](O[C@H]2[C@H](O[C@H]3CC[C@]4(C)[C@H]5CC(=O)[C@@H]6[C@@H]([C@@](C)(O)C/C=C/C(C)(C)O)CC[C@@]6(C)[C@]5(C)CC[C@H]4C3(C)C)O[C@H](CO)[C@H](O)[C@@H]2O[C@@H]2O[C@@H](C)[C@H](O)[C@@H](O)[C@H]2O)[C@H](O)[C@H](O)[C@H]1O. The van der Waals surface area contributed by atoms with Gasteiger partial charge in [-0.25, -0.2) is 0 Å². The predicted octanol–water partition coefficient (Wildman–Crippen LogP) is 1.21. The second-order valence-electron chi connectivity index (χ2n) is 23.2. The van der Waals surface area contributed by atoms with Gasteiger partial charge in [0.25, 0.3) is 0 Å². The lowest BCUT2D eigenvalue weighted by Gasteiger charge is -2.69. The molecule has 0 bridgehead atoms. The van der Waals surface area contributed by atoms with E-state index in [0.29, 0.717) is 25.7 Å². The van der Waals surface area contributed by atoms with Crippen LogP contribution in [0.5, 0.6) is 0 Å². The van der Waals surface area contributed by atoms with Crippen molar-refractivity contribution < 1.29 is 84.3 Å². The molecule has 0 aromatic rings. The zero-order valence-corrected chi connectivity index (χ0v) is 39.9. The van der Waals surface area contributed by atoms with Crippen molar-refractivity contribution in [3.05, 3.63) is 12.2 Å². The molecule has 24 atom stereocenters. The van der Waals surface area contributed by atoms with Crippen molar-refractivity contribution in [2.24, 2.45) is 45.3 Å². The number of ether oxygens (including phenoxy) is 6. The van der Waals surface area contributed by atoms with Crippen molar-refractivity contribution in [2.75, 3.05) is 6.61 Å². The minimum absolute atomic E-state index is 0.0436. The molecule has 0 aromatic carbocycles. The smallest absolute Gasteiger partial charge is 0.187 e. The van der Waals surface area contributed by atoms with E-state index in [9.17, 15) is 55.9 Å². The topological polar surface area (TPSA) is 275 Å². The molecular weight excluding hydrogens is 849 g/mol. The maximum atomic E-state index is 14.7. The molecule has 4 saturated carbocycles. The lowest BCUT2D eigenvalue weighted by atomic mass is 9.35. The zero-order chi connectivity index (χ0) is 48.1. The van der Waals surface area contributed by atoms with Crippen molar-refractivity contribution in [3.63, 3.8) is 0 Å². The van der Waals surface area contributed by atoms with Crippen LogP contribution in [-0.4, -0.2) is 173 Å². The van der Waals surface area contributed by atoms with Crippen LogP contribution < -0.4 is 0 Å². The van der Waals surface area contributed by atoms with Crippen molar-refractivity contribution in [1.82, 2.24) is 0 Å². The quantitative estimate of drug-likeness (QED) is 0.103. The fourth-order valence-corrected chi connectivity index (χ4v) is 14.3. The number of aliphatic hydroxyl groups excluding tert-OH is 8. The molecule has 3 saturated heterocycles. The van der Waals surface area contributed by atoms with Crippen molar-refractivity contribution in [1.29, 1.82) is 0 Å². The van der Waals surface area contributed by atoms with E-state index in [4.69, 9.17) is 28.4 Å². The van der Waals surface area contributed by atoms with Crippen LogP contribution in [0.3, 0.4) is 0 Å². The first-order valence-electron chi connectivity index (χ1n) is 24.0. The Labute approximate surface area is 383 Å². The largest absolute Gasteiger partial charge is 0.394 e. The number of carbonyl (C=O) groups excluding carboxylic acids is 1. The summed E-state index contributed by atoms with van der Waals surface area (Å²) in [6, 6.07) is 0. The van der Waals surface area contributed by atoms with E-state index in [-0.39, 0.29) is 45.7 Å². The van der Waals surface area contributed by atoms with Crippen molar-refractivity contribution in [2.45, 2.75) is 230 Å². The molecule has 0 unspecified atom stereocenters. The lowest BCUT2D eigenvalue weighted by Crippen LogP contribution is -2.68. The van der Waals surface area contributed by atoms with Crippen LogP contribution in [0.15, 0.2) is 12.2 Å². The second-order valence-corrected chi connectivity index (χ2v) is 23.2. The highest BCUT2D eigenvalue weighted by atomic mass is 16.8. The Morgan fingerprint density at radius 3 is 1.77 bits per heavy atom. The molecule has 17 nitrogen and oxygen atoms in total. The Morgan fingerprint density at radius 1 is 0.662 bits per heavy atom. The van der Waals surface area contributed by atoms with Gasteiger partial charge >= 0.3 is 0 Å². The summed E-state index contributed by atoms with van der Waals surface area (Å²) in [6.45, 7) is 18.7. The Kier molecular flexibility index (Phi) is 14.4. The van der Waals surface area contributed by atoms with Crippen molar-refractivity contribution in [3.8, 4) is 0 Å². The van der Waals surface area contributed by atoms with Gasteiger partial charge in [0.05, 0.1) is 36.1 Å². The Bertz CT molecular complexity index is 1720. The van der Waals surface area contributed by atoms with Gasteiger partial charge in [-0.05, 0) is 119 Å². The Hall–Kier alpha value is -1.23. The van der Waals surface area contributed by atoms with Gasteiger partial charge in [0.2, 0.25) is 0 Å². The third-order valence-corrected chi connectivity index (χ3v) is 18.3. The van der Waals surface area contributed by atoms with Crippen LogP contribution in [0.25, 0.3) is 0 Å². The van der Waals surface area contributed by atoms with E-state index in [1.165, 1.54) is 13.8 Å². The van der Waals surface area contributed by atoms with Gasteiger partial charge in [0, 0.05) is 12.3 Å². The van der Waals surface area contributed by atoms with Crippen LogP contribution in [0.4, 0.5) is 0 Å². The average Bonchev–Trinajstić information content (AvgIpc) is 3.61. The molecule has 0 aromatic heterocycles. The summed E-state index contributed by atoms with van der Waals surface area (Å²) in [5, 5.41) is 109. The summed E-state index contributed by atoms with van der Waals surface area (Å²) in [4.78, 5) is 14.7. The molecule has 374 valence electrons. The van der Waals surface area contributed by atoms with E-state index >= 15 is 0 Å². The molecule has 7 rings (SSSR count). The highest BCUT2D eigenvalue weighted by Gasteiger charge is 2.72. The van der Waals surface area contributed by atoms with E-state index in [2.05, 4.69) is 34.6 Å². The summed E-state index contributed by atoms with van der Waals surface area (Å²) in [7, 11) is 0. The Balaban J connectivity index is 1.16. The molecule has 0 amide bonds. The number of carbonyl (C=O) groups is 1. The summed E-state index contributed by atoms with van der Waals surface area (Å²) >= 11 is 0. The van der Waals surface area contributed by atoms with Gasteiger partial charge in [-0.3, -0.25) is 4.79 Å².